The highest BCUT2D eigenvalue weighted by atomic mass is 19.1. The lowest BCUT2D eigenvalue weighted by Gasteiger charge is -2.09. The maximum Gasteiger partial charge on any atom is 0.177 e. The zero-order chi connectivity index (χ0) is 15.0. The summed E-state index contributed by atoms with van der Waals surface area (Å²) in [7, 11) is 0. The quantitative estimate of drug-likeness (QED) is 0.760. The lowest BCUT2D eigenvalue weighted by atomic mass is 9.95. The van der Waals surface area contributed by atoms with Gasteiger partial charge >= 0.3 is 0 Å². The number of nitrogens with two attached hydrogens (primary N) is 1. The molecule has 21 heavy (non-hydrogen) atoms. The smallest absolute Gasteiger partial charge is 0.177 e. The van der Waals surface area contributed by atoms with Crippen LogP contribution in [-0.2, 0) is 0 Å². The monoisotopic (exact) mass is 282 g/mol. The van der Waals surface area contributed by atoms with Crippen molar-refractivity contribution >= 4 is 5.82 Å². The SMILES string of the molecule is Cc1cccc(C)c1-c1onc(N)c1-c1ccccc1F. The van der Waals surface area contributed by atoms with Crippen LogP contribution in [0.5, 0.6) is 0 Å². The van der Waals surface area contributed by atoms with Gasteiger partial charge in [-0.15, -0.1) is 0 Å². The molecule has 0 saturated carbocycles. The molecule has 3 rings (SSSR count). The molecule has 0 radical (unpaired) electrons. The molecule has 3 nitrogen and oxygen atoms in total. The molecule has 0 aliphatic carbocycles. The van der Waals surface area contributed by atoms with Crippen molar-refractivity contribution in [2.24, 2.45) is 0 Å². The number of nitrogen functional groups attached to an aromatic ring is 1. The van der Waals surface area contributed by atoms with E-state index in [0.717, 1.165) is 16.7 Å². The average molecular weight is 282 g/mol. The molecule has 0 atom stereocenters. The molecule has 0 fully saturated rings. The Morgan fingerprint density at radius 3 is 2.29 bits per heavy atom. The van der Waals surface area contributed by atoms with Crippen molar-refractivity contribution in [3.05, 3.63) is 59.4 Å². The van der Waals surface area contributed by atoms with E-state index in [9.17, 15) is 4.39 Å². The molecule has 2 aromatic carbocycles. The fourth-order valence-corrected chi connectivity index (χ4v) is 2.57. The molecule has 2 N–H and O–H groups in total. The summed E-state index contributed by atoms with van der Waals surface area (Å²) < 4.78 is 19.5. The molecular formula is C17H15FN2O. The molecule has 106 valence electrons. The number of hydrogen-bond acceptors (Lipinski definition) is 3. The molecule has 0 spiro atoms. The highest BCUT2D eigenvalue weighted by molar-refractivity contribution is 5.88. The highest BCUT2D eigenvalue weighted by Gasteiger charge is 2.22. The third-order valence-corrected chi connectivity index (χ3v) is 3.57. The van der Waals surface area contributed by atoms with Crippen LogP contribution in [0, 0.1) is 19.7 Å². The number of anilines is 1. The zero-order valence-corrected chi connectivity index (χ0v) is 11.9. The third-order valence-electron chi connectivity index (χ3n) is 3.57. The molecule has 0 aliphatic heterocycles. The van der Waals surface area contributed by atoms with Crippen LogP contribution in [0.3, 0.4) is 0 Å². The predicted octanol–water partition coefficient (Wildman–Crippen LogP) is 4.35. The zero-order valence-electron chi connectivity index (χ0n) is 11.9. The highest BCUT2D eigenvalue weighted by Crippen LogP contribution is 2.40. The molecule has 3 aromatic rings. The van der Waals surface area contributed by atoms with Crippen LogP contribution in [0.25, 0.3) is 22.5 Å². The first-order valence-electron chi connectivity index (χ1n) is 6.66. The van der Waals surface area contributed by atoms with Crippen molar-refractivity contribution in [3.8, 4) is 22.5 Å². The summed E-state index contributed by atoms with van der Waals surface area (Å²) in [6.45, 7) is 3.96. The van der Waals surface area contributed by atoms with Gasteiger partial charge in [0.1, 0.15) is 5.82 Å². The lowest BCUT2D eigenvalue weighted by molar-refractivity contribution is 0.435. The van der Waals surface area contributed by atoms with E-state index in [0.29, 0.717) is 16.9 Å². The Morgan fingerprint density at radius 1 is 0.952 bits per heavy atom. The van der Waals surface area contributed by atoms with Crippen LogP contribution in [-0.4, -0.2) is 5.16 Å². The van der Waals surface area contributed by atoms with E-state index in [-0.39, 0.29) is 11.6 Å². The molecular weight excluding hydrogens is 267 g/mol. The minimum absolute atomic E-state index is 0.192. The fraction of sp³-hybridized carbons (Fsp3) is 0.118. The summed E-state index contributed by atoms with van der Waals surface area (Å²) >= 11 is 0. The average Bonchev–Trinajstić information content (AvgIpc) is 2.81. The minimum Gasteiger partial charge on any atom is -0.380 e. The van der Waals surface area contributed by atoms with Crippen molar-refractivity contribution < 1.29 is 8.91 Å². The topological polar surface area (TPSA) is 52.0 Å². The Labute approximate surface area is 122 Å². The molecule has 0 saturated heterocycles. The first-order chi connectivity index (χ1) is 10.1. The largest absolute Gasteiger partial charge is 0.380 e. The molecule has 4 heteroatoms. The first-order valence-corrected chi connectivity index (χ1v) is 6.66. The second kappa shape index (κ2) is 5.05. The summed E-state index contributed by atoms with van der Waals surface area (Å²) in [5, 5.41) is 3.83. The number of hydrogen-bond donors (Lipinski definition) is 1. The van der Waals surface area contributed by atoms with Gasteiger partial charge in [0.05, 0.1) is 5.56 Å². The van der Waals surface area contributed by atoms with Crippen LogP contribution >= 0.6 is 0 Å². The molecule has 0 aliphatic rings. The van der Waals surface area contributed by atoms with Gasteiger partial charge in [-0.3, -0.25) is 0 Å². The van der Waals surface area contributed by atoms with Gasteiger partial charge < -0.3 is 10.3 Å². The number of benzene rings is 2. The van der Waals surface area contributed by atoms with E-state index in [2.05, 4.69) is 5.16 Å². The van der Waals surface area contributed by atoms with Gasteiger partial charge in [-0.05, 0) is 31.0 Å². The normalized spacial score (nSPS) is 10.8. The number of halogens is 1. The number of aryl methyl sites for hydroxylation is 2. The number of nitrogens with zero attached hydrogens (tertiary/aromatic N) is 1. The summed E-state index contributed by atoms with van der Waals surface area (Å²) in [4.78, 5) is 0. The summed E-state index contributed by atoms with van der Waals surface area (Å²) in [5.74, 6) is 0.353. The fourth-order valence-electron chi connectivity index (χ4n) is 2.57. The van der Waals surface area contributed by atoms with Gasteiger partial charge in [-0.1, -0.05) is 41.6 Å². The van der Waals surface area contributed by atoms with E-state index in [1.165, 1.54) is 6.07 Å². The maximum atomic E-state index is 14.1. The van der Waals surface area contributed by atoms with E-state index in [1.54, 1.807) is 18.2 Å². The molecule has 1 heterocycles. The predicted molar refractivity (Wildman–Crippen MR) is 81.2 cm³/mol. The molecule has 0 bridgehead atoms. The van der Waals surface area contributed by atoms with Crippen molar-refractivity contribution in [1.29, 1.82) is 0 Å². The third kappa shape index (κ3) is 2.18. The van der Waals surface area contributed by atoms with E-state index < -0.39 is 0 Å². The van der Waals surface area contributed by atoms with Crippen molar-refractivity contribution in [3.63, 3.8) is 0 Å². The van der Waals surface area contributed by atoms with Gasteiger partial charge in [0, 0.05) is 11.1 Å². The molecule has 0 unspecified atom stereocenters. The summed E-state index contributed by atoms with van der Waals surface area (Å²) in [5.41, 5.74) is 9.78. The number of rotatable bonds is 2. The molecule has 0 amide bonds. The van der Waals surface area contributed by atoms with Crippen LogP contribution in [0.15, 0.2) is 47.0 Å². The second-order valence-corrected chi connectivity index (χ2v) is 5.02. The Bertz CT molecular complexity index is 788. The van der Waals surface area contributed by atoms with E-state index in [4.69, 9.17) is 10.3 Å². The van der Waals surface area contributed by atoms with Crippen molar-refractivity contribution in [2.75, 3.05) is 5.73 Å². The van der Waals surface area contributed by atoms with Gasteiger partial charge in [-0.25, -0.2) is 4.39 Å². The van der Waals surface area contributed by atoms with E-state index in [1.807, 2.05) is 32.0 Å². The Hall–Kier alpha value is -2.62. The van der Waals surface area contributed by atoms with Crippen LogP contribution < -0.4 is 5.73 Å². The van der Waals surface area contributed by atoms with Crippen molar-refractivity contribution in [2.45, 2.75) is 13.8 Å². The Balaban J connectivity index is 2.31. The van der Waals surface area contributed by atoms with E-state index >= 15 is 0 Å². The Kier molecular flexibility index (Phi) is 3.22. The van der Waals surface area contributed by atoms with Gasteiger partial charge in [0.25, 0.3) is 0 Å². The van der Waals surface area contributed by atoms with Crippen LogP contribution in [0.4, 0.5) is 10.2 Å². The van der Waals surface area contributed by atoms with Crippen molar-refractivity contribution in [1.82, 2.24) is 5.16 Å². The second-order valence-electron chi connectivity index (χ2n) is 5.02. The lowest BCUT2D eigenvalue weighted by Crippen LogP contribution is -1.93. The van der Waals surface area contributed by atoms with Gasteiger partial charge in [0.15, 0.2) is 11.6 Å². The minimum atomic E-state index is -0.347. The maximum absolute atomic E-state index is 14.1. The van der Waals surface area contributed by atoms with Crippen LogP contribution in [0.1, 0.15) is 11.1 Å². The number of aromatic nitrogens is 1. The van der Waals surface area contributed by atoms with Gasteiger partial charge in [0.2, 0.25) is 0 Å². The Morgan fingerprint density at radius 2 is 1.62 bits per heavy atom. The standard InChI is InChI=1S/C17H15FN2O/c1-10-6-5-7-11(2)14(10)16-15(17(19)20-21-16)12-8-3-4-9-13(12)18/h3-9H,1-2H3,(H2,19,20). The molecule has 1 aromatic heterocycles. The summed E-state index contributed by atoms with van der Waals surface area (Å²) in [6.07, 6.45) is 0. The van der Waals surface area contributed by atoms with Gasteiger partial charge in [-0.2, -0.15) is 0 Å². The van der Waals surface area contributed by atoms with Crippen LogP contribution in [0.2, 0.25) is 0 Å². The summed E-state index contributed by atoms with van der Waals surface area (Å²) in [6, 6.07) is 12.4. The first kappa shape index (κ1) is 13.4.